The van der Waals surface area contributed by atoms with Crippen LogP contribution in [0, 0.1) is 42.4 Å². The summed E-state index contributed by atoms with van der Waals surface area (Å²) in [5.74, 6) is 0.833. The molecule has 0 amide bonds. The van der Waals surface area contributed by atoms with Gasteiger partial charge in [0.05, 0.1) is 24.0 Å². The van der Waals surface area contributed by atoms with Gasteiger partial charge in [-0.05, 0) is 110 Å². The zero-order chi connectivity index (χ0) is 27.0. The van der Waals surface area contributed by atoms with Crippen LogP contribution in [-0.2, 0) is 17.8 Å². The van der Waals surface area contributed by atoms with Gasteiger partial charge >= 0.3 is 5.97 Å². The lowest BCUT2D eigenvalue weighted by molar-refractivity contribution is -0.139. The highest BCUT2D eigenvalue weighted by Crippen LogP contribution is 2.61. The number of benzene rings is 2. The summed E-state index contributed by atoms with van der Waals surface area (Å²) in [4.78, 5) is 15.8. The smallest absolute Gasteiger partial charge is 0.307 e. The molecule has 0 aliphatic heterocycles. The van der Waals surface area contributed by atoms with Gasteiger partial charge in [0.25, 0.3) is 0 Å². The molecule has 1 unspecified atom stereocenters. The third kappa shape index (κ3) is 5.24. The van der Waals surface area contributed by atoms with Crippen molar-refractivity contribution in [1.29, 1.82) is 5.26 Å². The summed E-state index contributed by atoms with van der Waals surface area (Å²) in [6, 6.07) is 16.8. The summed E-state index contributed by atoms with van der Waals surface area (Å²) in [7, 11) is 0. The van der Waals surface area contributed by atoms with Crippen molar-refractivity contribution in [3.05, 3.63) is 76.5 Å². The molecular formula is C32H34N2O4. The van der Waals surface area contributed by atoms with E-state index in [1.54, 1.807) is 6.20 Å². The van der Waals surface area contributed by atoms with Gasteiger partial charge < -0.3 is 14.6 Å². The SMILES string of the molecule is Cc1cc(OCCCC(C)(C)C#N)cc(C)c1-c1cccc(COc2cc3c(cn2)C2[C@@H](C3)[C@@H]2C(=O)O)c1. The molecule has 3 atom stereocenters. The summed E-state index contributed by atoms with van der Waals surface area (Å²) in [6.07, 6.45) is 4.24. The number of ether oxygens (including phenoxy) is 2. The fourth-order valence-electron chi connectivity index (χ4n) is 5.88. The van der Waals surface area contributed by atoms with E-state index in [0.717, 1.165) is 52.8 Å². The summed E-state index contributed by atoms with van der Waals surface area (Å²) >= 11 is 0. The second kappa shape index (κ2) is 10.1. The molecule has 2 aromatic carbocycles. The first-order valence-electron chi connectivity index (χ1n) is 13.3. The van der Waals surface area contributed by atoms with Crippen LogP contribution in [0.1, 0.15) is 60.4 Å². The monoisotopic (exact) mass is 510 g/mol. The van der Waals surface area contributed by atoms with Gasteiger partial charge in [-0.25, -0.2) is 4.98 Å². The van der Waals surface area contributed by atoms with E-state index >= 15 is 0 Å². The van der Waals surface area contributed by atoms with Gasteiger partial charge in [-0.3, -0.25) is 4.79 Å². The van der Waals surface area contributed by atoms with Crippen LogP contribution in [0.15, 0.2) is 48.7 Å². The van der Waals surface area contributed by atoms with Crippen molar-refractivity contribution in [3.8, 4) is 28.8 Å². The topological polar surface area (TPSA) is 92.4 Å². The van der Waals surface area contributed by atoms with Crippen LogP contribution in [0.2, 0.25) is 0 Å². The molecule has 6 nitrogen and oxygen atoms in total. The molecule has 2 aliphatic carbocycles. The summed E-state index contributed by atoms with van der Waals surface area (Å²) in [5.41, 5.74) is 7.58. The van der Waals surface area contributed by atoms with E-state index < -0.39 is 5.97 Å². The van der Waals surface area contributed by atoms with Gasteiger partial charge in [-0.15, -0.1) is 0 Å². The largest absolute Gasteiger partial charge is 0.494 e. The minimum Gasteiger partial charge on any atom is -0.494 e. The van der Waals surface area contributed by atoms with Crippen molar-refractivity contribution in [2.75, 3.05) is 6.61 Å². The maximum absolute atomic E-state index is 11.3. The number of hydrogen-bond acceptors (Lipinski definition) is 5. The maximum Gasteiger partial charge on any atom is 0.307 e. The molecule has 2 aliphatic rings. The number of nitriles is 1. The van der Waals surface area contributed by atoms with Crippen LogP contribution < -0.4 is 9.47 Å². The molecule has 1 aromatic heterocycles. The number of carboxylic acid groups (broad SMARTS) is 1. The molecule has 1 fully saturated rings. The minimum absolute atomic E-state index is 0.125. The van der Waals surface area contributed by atoms with Gasteiger partial charge in [0.1, 0.15) is 12.4 Å². The second-order valence-electron chi connectivity index (χ2n) is 11.3. The number of aliphatic carboxylic acids is 1. The number of nitrogens with zero attached hydrogens (tertiary/aromatic N) is 2. The molecular weight excluding hydrogens is 476 g/mol. The minimum atomic E-state index is -0.699. The Morgan fingerprint density at radius 2 is 1.92 bits per heavy atom. The first kappa shape index (κ1) is 25.8. The molecule has 196 valence electrons. The predicted molar refractivity (Wildman–Crippen MR) is 145 cm³/mol. The van der Waals surface area contributed by atoms with E-state index in [4.69, 9.17) is 9.47 Å². The molecule has 1 heterocycles. The zero-order valence-corrected chi connectivity index (χ0v) is 22.5. The third-order valence-corrected chi connectivity index (χ3v) is 7.89. The zero-order valence-electron chi connectivity index (χ0n) is 22.5. The Hall–Kier alpha value is -3.85. The number of carbonyl (C=O) groups is 1. The van der Waals surface area contributed by atoms with Crippen LogP contribution >= 0.6 is 0 Å². The molecule has 5 rings (SSSR count). The molecule has 0 spiro atoms. The molecule has 6 heteroatoms. The second-order valence-corrected chi connectivity index (χ2v) is 11.3. The van der Waals surface area contributed by atoms with Gasteiger partial charge in [0.2, 0.25) is 5.88 Å². The Balaban J connectivity index is 1.22. The van der Waals surface area contributed by atoms with E-state index in [2.05, 4.69) is 49.2 Å². The lowest BCUT2D eigenvalue weighted by atomic mass is 9.90. The molecule has 0 bridgehead atoms. The normalized spacial score (nSPS) is 19.3. The molecule has 1 saturated carbocycles. The molecule has 38 heavy (non-hydrogen) atoms. The lowest BCUT2D eigenvalue weighted by Gasteiger charge is -2.17. The highest BCUT2D eigenvalue weighted by atomic mass is 16.5. The van der Waals surface area contributed by atoms with Crippen LogP contribution in [0.3, 0.4) is 0 Å². The first-order valence-corrected chi connectivity index (χ1v) is 13.3. The third-order valence-electron chi connectivity index (χ3n) is 7.89. The number of fused-ring (bicyclic) bond motifs is 3. The summed E-state index contributed by atoms with van der Waals surface area (Å²) in [5, 5.41) is 18.5. The molecule has 3 aromatic rings. The van der Waals surface area contributed by atoms with Crippen molar-refractivity contribution >= 4 is 5.97 Å². The van der Waals surface area contributed by atoms with Gasteiger partial charge in [-0.1, -0.05) is 18.2 Å². The summed E-state index contributed by atoms with van der Waals surface area (Å²) < 4.78 is 12.0. The van der Waals surface area contributed by atoms with Crippen LogP contribution in [-0.4, -0.2) is 22.7 Å². The van der Waals surface area contributed by atoms with Gasteiger partial charge in [-0.2, -0.15) is 5.26 Å². The Morgan fingerprint density at radius 1 is 1.16 bits per heavy atom. The maximum atomic E-state index is 11.3. The van der Waals surface area contributed by atoms with Crippen molar-refractivity contribution in [2.45, 2.75) is 59.5 Å². The number of hydrogen-bond donors (Lipinski definition) is 1. The Bertz CT molecular complexity index is 1400. The van der Waals surface area contributed by atoms with Crippen LogP contribution in [0.4, 0.5) is 0 Å². The van der Waals surface area contributed by atoms with Crippen molar-refractivity contribution in [2.24, 2.45) is 17.3 Å². The van der Waals surface area contributed by atoms with Crippen LogP contribution in [0.5, 0.6) is 11.6 Å². The highest BCUT2D eigenvalue weighted by Gasteiger charge is 2.59. The number of aryl methyl sites for hydroxylation is 2. The van der Waals surface area contributed by atoms with Crippen molar-refractivity contribution < 1.29 is 19.4 Å². The van der Waals surface area contributed by atoms with Crippen molar-refractivity contribution in [1.82, 2.24) is 4.98 Å². The predicted octanol–water partition coefficient (Wildman–Crippen LogP) is 6.62. The van der Waals surface area contributed by atoms with E-state index in [1.807, 2.05) is 32.0 Å². The van der Waals surface area contributed by atoms with E-state index in [1.165, 1.54) is 11.1 Å². The highest BCUT2D eigenvalue weighted by molar-refractivity contribution is 5.77. The van der Waals surface area contributed by atoms with Crippen LogP contribution in [0.25, 0.3) is 11.1 Å². The molecule has 1 N–H and O–H groups in total. The number of carboxylic acids is 1. The number of aromatic nitrogens is 1. The van der Waals surface area contributed by atoms with E-state index in [9.17, 15) is 15.2 Å². The summed E-state index contributed by atoms with van der Waals surface area (Å²) in [6.45, 7) is 9.11. The number of pyridine rings is 1. The standard InChI is InChI=1S/C32H34N2O4/c1-19-11-24(37-10-6-9-32(3,4)18-33)12-20(2)28(19)22-8-5-7-21(13-22)17-38-27-15-23-14-25-29(26(23)16-34-27)30(25)31(35)36/h5,7-8,11-13,15-16,25,29-30H,6,9-10,14,17H2,1-4H3,(H,35,36)/t25-,29?,30+/m1/s1. The van der Waals surface area contributed by atoms with E-state index in [-0.39, 0.29) is 23.2 Å². The van der Waals surface area contributed by atoms with Crippen molar-refractivity contribution in [3.63, 3.8) is 0 Å². The first-order chi connectivity index (χ1) is 18.2. The average molecular weight is 511 g/mol. The molecule has 0 radical (unpaired) electrons. The average Bonchev–Trinajstić information content (AvgIpc) is 3.48. The lowest BCUT2D eigenvalue weighted by Crippen LogP contribution is -2.10. The Kier molecular flexibility index (Phi) is 6.88. The number of rotatable bonds is 10. The van der Waals surface area contributed by atoms with E-state index in [0.29, 0.717) is 19.1 Å². The van der Waals surface area contributed by atoms with Gasteiger partial charge in [0, 0.05) is 18.2 Å². The Labute approximate surface area is 224 Å². The molecule has 0 saturated heterocycles. The fraction of sp³-hybridized carbons (Fsp3) is 0.406. The Morgan fingerprint density at radius 3 is 2.63 bits per heavy atom. The van der Waals surface area contributed by atoms with Gasteiger partial charge in [0.15, 0.2) is 0 Å². The fourth-order valence-corrected chi connectivity index (χ4v) is 5.88. The quantitative estimate of drug-likeness (QED) is 0.308.